The number of rotatable bonds is 62. The van der Waals surface area contributed by atoms with Crippen LogP contribution in [0.2, 0.25) is 0 Å². The van der Waals surface area contributed by atoms with Gasteiger partial charge < -0.3 is 14.2 Å². The summed E-state index contributed by atoms with van der Waals surface area (Å²) in [6.45, 7) is 6.50. The number of hydrogen-bond acceptors (Lipinski definition) is 6. The molecular weight excluding hydrogens is 985 g/mol. The fourth-order valence-electron chi connectivity index (χ4n) is 9.71. The van der Waals surface area contributed by atoms with Crippen molar-refractivity contribution in [3.63, 3.8) is 0 Å². The molecule has 1 unspecified atom stereocenters. The van der Waals surface area contributed by atoms with Crippen molar-refractivity contribution < 1.29 is 28.6 Å². The number of carbonyl (C=O) groups excluding carboxylic acids is 3. The quantitative estimate of drug-likeness (QED) is 0.0261. The topological polar surface area (TPSA) is 78.9 Å². The minimum atomic E-state index is -0.789. The number of ether oxygens (including phenoxy) is 3. The second-order valence-corrected chi connectivity index (χ2v) is 22.7. The lowest BCUT2D eigenvalue weighted by Gasteiger charge is -2.18. The van der Waals surface area contributed by atoms with Gasteiger partial charge in [0.05, 0.1) is 0 Å². The largest absolute Gasteiger partial charge is 0.462 e. The lowest BCUT2D eigenvalue weighted by molar-refractivity contribution is -0.167. The Morgan fingerprint density at radius 2 is 0.487 bits per heavy atom. The van der Waals surface area contributed by atoms with E-state index in [1.807, 2.05) is 0 Å². The third-order valence-corrected chi connectivity index (χ3v) is 14.8. The Balaban J connectivity index is 4.13. The van der Waals surface area contributed by atoms with Crippen LogP contribution < -0.4 is 0 Å². The van der Waals surface area contributed by atoms with Crippen LogP contribution in [0.25, 0.3) is 0 Å². The number of unbranched alkanes of at least 4 members (excludes halogenated alkanes) is 35. The number of carbonyl (C=O) groups is 3. The van der Waals surface area contributed by atoms with Gasteiger partial charge in [0.25, 0.3) is 0 Å². The molecule has 0 bridgehead atoms. The van der Waals surface area contributed by atoms with Gasteiger partial charge in [0.1, 0.15) is 13.2 Å². The van der Waals surface area contributed by atoms with Gasteiger partial charge in [-0.1, -0.05) is 311 Å². The second-order valence-electron chi connectivity index (χ2n) is 22.7. The van der Waals surface area contributed by atoms with Gasteiger partial charge in [0.15, 0.2) is 6.10 Å². The van der Waals surface area contributed by atoms with Crippen molar-refractivity contribution in [1.82, 2.24) is 0 Å². The van der Waals surface area contributed by atoms with E-state index in [0.717, 1.165) is 116 Å². The fraction of sp³-hybridized carbons (Fsp3) is 0.743. The summed E-state index contributed by atoms with van der Waals surface area (Å²) in [5.41, 5.74) is 0. The average Bonchev–Trinajstić information content (AvgIpc) is 3.46. The number of hydrogen-bond donors (Lipinski definition) is 0. The Morgan fingerprint density at radius 1 is 0.263 bits per heavy atom. The minimum Gasteiger partial charge on any atom is -0.462 e. The number of esters is 3. The molecule has 0 aromatic rings. The normalized spacial score (nSPS) is 12.7. The molecule has 6 heteroatoms. The zero-order valence-electron chi connectivity index (χ0n) is 52.8. The molecule has 0 aromatic carbocycles. The molecule has 460 valence electrons. The lowest BCUT2D eigenvalue weighted by Crippen LogP contribution is -2.30. The Labute approximate surface area is 496 Å². The van der Waals surface area contributed by atoms with E-state index in [0.29, 0.717) is 19.3 Å². The molecule has 0 N–H and O–H groups in total. The summed E-state index contributed by atoms with van der Waals surface area (Å²) >= 11 is 0. The molecule has 0 amide bonds. The summed E-state index contributed by atoms with van der Waals surface area (Å²) in [4.78, 5) is 38.2. The molecule has 0 fully saturated rings. The number of allylic oxidation sites excluding steroid dienone is 16. The van der Waals surface area contributed by atoms with Crippen LogP contribution >= 0.6 is 0 Å². The summed E-state index contributed by atoms with van der Waals surface area (Å²) in [6, 6.07) is 0. The van der Waals surface area contributed by atoms with E-state index in [1.54, 1.807) is 0 Å². The molecule has 0 saturated heterocycles. The standard InChI is InChI=1S/C74H128O6/c1-4-7-10-13-16-19-21-23-25-27-29-31-33-34-35-36-37-38-39-40-42-43-45-47-49-51-53-55-58-61-64-67-73(76)79-70-71(69-78-72(75)66-63-60-57-18-15-12-9-6-3)80-74(77)68-65-62-59-56-54-52-50-48-46-44-41-32-30-28-26-24-22-20-17-14-11-8-5-2/h8,11,17,20-21,23-24,26-27,29-30,32,44,46,50,52,71H,4-7,9-10,12-16,18-19,22,25,28,31,33-43,45,47-49,51,53-70H2,1-3H3/b11-8-,20-17-,23-21-,26-24-,29-27-,32-30-,46-44-,52-50-. The predicted octanol–water partition coefficient (Wildman–Crippen LogP) is 23.6. The molecule has 0 aliphatic rings. The molecule has 80 heavy (non-hydrogen) atoms. The summed E-state index contributed by atoms with van der Waals surface area (Å²) in [7, 11) is 0. The molecule has 0 aromatic heterocycles. The highest BCUT2D eigenvalue weighted by molar-refractivity contribution is 5.71. The van der Waals surface area contributed by atoms with Crippen molar-refractivity contribution in [2.45, 2.75) is 341 Å². The predicted molar refractivity (Wildman–Crippen MR) is 348 cm³/mol. The van der Waals surface area contributed by atoms with Crippen LogP contribution in [0.1, 0.15) is 335 Å². The highest BCUT2D eigenvalue weighted by atomic mass is 16.6. The molecule has 0 aliphatic carbocycles. The van der Waals surface area contributed by atoms with Gasteiger partial charge >= 0.3 is 17.9 Å². The van der Waals surface area contributed by atoms with E-state index in [-0.39, 0.29) is 31.1 Å². The fourth-order valence-corrected chi connectivity index (χ4v) is 9.71. The van der Waals surface area contributed by atoms with E-state index in [9.17, 15) is 14.4 Å². The van der Waals surface area contributed by atoms with Gasteiger partial charge in [0.2, 0.25) is 0 Å². The van der Waals surface area contributed by atoms with E-state index in [4.69, 9.17) is 14.2 Å². The van der Waals surface area contributed by atoms with E-state index < -0.39 is 6.10 Å². The lowest BCUT2D eigenvalue weighted by atomic mass is 10.0. The highest BCUT2D eigenvalue weighted by Crippen LogP contribution is 2.17. The van der Waals surface area contributed by atoms with Crippen LogP contribution in [0.4, 0.5) is 0 Å². The van der Waals surface area contributed by atoms with Crippen molar-refractivity contribution in [3.05, 3.63) is 97.2 Å². The first-order valence-electron chi connectivity index (χ1n) is 34.2. The maximum absolute atomic E-state index is 12.9. The Hall–Kier alpha value is -3.67. The maximum Gasteiger partial charge on any atom is 0.306 e. The SMILES string of the molecule is CC/C=C\C/C=C\C/C=C\C/C=C\C/C=C\C/C=C\CCCCCCC(=O)OC(COC(=O)CCCCCCCCCC)COC(=O)CCCCCCCCCCCCCCCCCCCCC/C=C\C/C=C\CCCCCCC. The van der Waals surface area contributed by atoms with Gasteiger partial charge in [-0.25, -0.2) is 0 Å². The van der Waals surface area contributed by atoms with Crippen molar-refractivity contribution in [3.8, 4) is 0 Å². The third kappa shape index (κ3) is 65.1. The van der Waals surface area contributed by atoms with Crippen LogP contribution in [0.3, 0.4) is 0 Å². The van der Waals surface area contributed by atoms with Crippen molar-refractivity contribution in [2.75, 3.05) is 13.2 Å². The molecule has 0 spiro atoms. The van der Waals surface area contributed by atoms with Crippen LogP contribution in [-0.4, -0.2) is 37.2 Å². The summed E-state index contributed by atoms with van der Waals surface area (Å²) in [5.74, 6) is -0.902. The van der Waals surface area contributed by atoms with Crippen molar-refractivity contribution in [1.29, 1.82) is 0 Å². The minimum absolute atomic E-state index is 0.0849. The smallest absolute Gasteiger partial charge is 0.306 e. The molecule has 0 aliphatic heterocycles. The second kappa shape index (κ2) is 67.8. The Bertz CT molecular complexity index is 1560. The van der Waals surface area contributed by atoms with E-state index >= 15 is 0 Å². The summed E-state index contributed by atoms with van der Waals surface area (Å²) in [6.07, 6.45) is 91.7. The molecule has 0 heterocycles. The summed E-state index contributed by atoms with van der Waals surface area (Å²) in [5, 5.41) is 0. The van der Waals surface area contributed by atoms with E-state index in [1.165, 1.54) is 180 Å². The maximum atomic E-state index is 12.9. The van der Waals surface area contributed by atoms with Crippen molar-refractivity contribution in [2.24, 2.45) is 0 Å². The molecule has 0 rings (SSSR count). The van der Waals surface area contributed by atoms with Crippen LogP contribution in [0.15, 0.2) is 97.2 Å². The first-order valence-corrected chi connectivity index (χ1v) is 34.2. The first-order chi connectivity index (χ1) is 39.5. The summed E-state index contributed by atoms with van der Waals surface area (Å²) < 4.78 is 16.9. The van der Waals surface area contributed by atoms with Gasteiger partial charge in [-0.05, 0) is 103 Å². The average molecular weight is 1110 g/mol. The van der Waals surface area contributed by atoms with Crippen LogP contribution in [0, 0.1) is 0 Å². The molecular formula is C74H128O6. The van der Waals surface area contributed by atoms with Gasteiger partial charge in [-0.2, -0.15) is 0 Å². The molecule has 6 nitrogen and oxygen atoms in total. The van der Waals surface area contributed by atoms with Crippen LogP contribution in [-0.2, 0) is 28.6 Å². The first kappa shape index (κ1) is 76.3. The zero-order valence-corrected chi connectivity index (χ0v) is 52.8. The Kier molecular flexibility index (Phi) is 64.7. The highest BCUT2D eigenvalue weighted by Gasteiger charge is 2.19. The van der Waals surface area contributed by atoms with Gasteiger partial charge in [-0.15, -0.1) is 0 Å². The van der Waals surface area contributed by atoms with Crippen LogP contribution in [0.5, 0.6) is 0 Å². The Morgan fingerprint density at radius 3 is 0.762 bits per heavy atom. The monoisotopic (exact) mass is 1110 g/mol. The molecule has 1 atom stereocenters. The van der Waals surface area contributed by atoms with Gasteiger partial charge in [-0.3, -0.25) is 14.4 Å². The van der Waals surface area contributed by atoms with Gasteiger partial charge in [0, 0.05) is 19.3 Å². The zero-order chi connectivity index (χ0) is 57.8. The van der Waals surface area contributed by atoms with Crippen molar-refractivity contribution >= 4 is 17.9 Å². The molecule has 0 saturated carbocycles. The molecule has 0 radical (unpaired) electrons. The van der Waals surface area contributed by atoms with E-state index in [2.05, 4.69) is 118 Å². The third-order valence-electron chi connectivity index (χ3n) is 14.8.